The van der Waals surface area contributed by atoms with Gasteiger partial charge in [0.15, 0.2) is 0 Å². The van der Waals surface area contributed by atoms with Gasteiger partial charge in [-0.2, -0.15) is 0 Å². The summed E-state index contributed by atoms with van der Waals surface area (Å²) in [5, 5.41) is 20.0. The second-order valence-electron chi connectivity index (χ2n) is 6.60. The number of esters is 1. The molecule has 3 aromatic carbocycles. The fourth-order valence-corrected chi connectivity index (χ4v) is 3.21. The van der Waals surface area contributed by atoms with Crippen molar-refractivity contribution in [3.05, 3.63) is 99.6 Å². The molecule has 150 valence electrons. The third-order valence-corrected chi connectivity index (χ3v) is 4.62. The monoisotopic (exact) mass is 402 g/mol. The Morgan fingerprint density at radius 3 is 2.53 bits per heavy atom. The first-order chi connectivity index (χ1) is 14.4. The van der Waals surface area contributed by atoms with Crippen LogP contribution in [-0.4, -0.2) is 11.2 Å². The van der Waals surface area contributed by atoms with Gasteiger partial charge in [-0.25, -0.2) is 4.79 Å². The smallest absolute Gasteiger partial charge is 0.343 e. The van der Waals surface area contributed by atoms with E-state index in [0.29, 0.717) is 16.7 Å². The molecule has 0 saturated carbocycles. The molecular formula is C23H16NO6-. The molecule has 0 radical (unpaired) electrons. The number of nitrogens with zero attached hydrogens (tertiary/aromatic N) is 1. The Morgan fingerprint density at radius 1 is 1.03 bits per heavy atom. The quantitative estimate of drug-likeness (QED) is 0.300. The number of aryl methyl sites for hydroxylation is 1. The molecule has 0 amide bonds. The molecule has 0 aliphatic carbocycles. The first-order valence-corrected chi connectivity index (χ1v) is 9.05. The zero-order valence-electron chi connectivity index (χ0n) is 15.9. The van der Waals surface area contributed by atoms with Gasteiger partial charge in [0.05, 0.1) is 22.2 Å². The van der Waals surface area contributed by atoms with Crippen LogP contribution in [0.25, 0.3) is 22.1 Å². The lowest BCUT2D eigenvalue weighted by Crippen LogP contribution is -2.12. The summed E-state index contributed by atoms with van der Waals surface area (Å²) in [5.74, 6) is -0.0951. The molecule has 0 atom stereocenters. The van der Waals surface area contributed by atoms with Crippen LogP contribution in [0.2, 0.25) is 0 Å². The van der Waals surface area contributed by atoms with Gasteiger partial charge in [-0.05, 0) is 42.8 Å². The normalized spacial score (nSPS) is 10.8. The fraction of sp³-hybridized carbons (Fsp3) is 0.0435. The molecule has 1 heterocycles. The molecule has 7 heteroatoms. The first-order valence-electron chi connectivity index (χ1n) is 9.05. The summed E-state index contributed by atoms with van der Waals surface area (Å²) in [6.07, 6.45) is 0. The van der Waals surface area contributed by atoms with Crippen LogP contribution in [0.5, 0.6) is 5.75 Å². The minimum atomic E-state index is -0.724. The van der Waals surface area contributed by atoms with Crippen LogP contribution in [0.15, 0.2) is 82.0 Å². The van der Waals surface area contributed by atoms with Crippen LogP contribution in [0.1, 0.15) is 16.1 Å². The highest BCUT2D eigenvalue weighted by molar-refractivity contribution is 5.93. The summed E-state index contributed by atoms with van der Waals surface area (Å²) in [5.41, 5.74) is 1.34. The van der Waals surface area contributed by atoms with E-state index in [1.165, 1.54) is 36.4 Å². The predicted molar refractivity (Wildman–Crippen MR) is 112 cm³/mol. The van der Waals surface area contributed by atoms with Crippen LogP contribution in [0, 0.1) is 12.1 Å². The molecule has 0 bridgehead atoms. The van der Waals surface area contributed by atoms with Crippen molar-refractivity contribution in [1.29, 1.82) is 0 Å². The number of rotatable bonds is 4. The Labute approximate surface area is 170 Å². The zero-order chi connectivity index (χ0) is 21.3. The lowest BCUT2D eigenvalue weighted by atomic mass is 10.0. The van der Waals surface area contributed by atoms with Crippen molar-refractivity contribution < 1.29 is 19.2 Å². The third-order valence-electron chi connectivity index (χ3n) is 4.62. The van der Waals surface area contributed by atoms with Gasteiger partial charge in [0.1, 0.15) is 17.1 Å². The molecule has 0 spiro atoms. The Hall–Kier alpha value is -3.94. The molecule has 30 heavy (non-hydrogen) atoms. The molecule has 0 aliphatic rings. The van der Waals surface area contributed by atoms with Crippen molar-refractivity contribution in [1.82, 2.24) is 0 Å². The molecule has 4 aromatic rings. The van der Waals surface area contributed by atoms with Gasteiger partial charge in [-0.3, -0.25) is 10.0 Å². The minimum absolute atomic E-state index is 0.0829. The largest absolute Gasteiger partial charge is 0.733 e. The van der Waals surface area contributed by atoms with Crippen LogP contribution in [0.4, 0.5) is 5.69 Å². The minimum Gasteiger partial charge on any atom is -0.733 e. The SMILES string of the molecule is Cc1oc2cc(OC(=O)c3cccc(N([O-])O)c3)ccc2c(=O)c1-c1ccccc1. The van der Waals surface area contributed by atoms with Crippen molar-refractivity contribution in [3.8, 4) is 16.9 Å². The Balaban J connectivity index is 1.68. The van der Waals surface area contributed by atoms with Crippen molar-refractivity contribution in [2.24, 2.45) is 0 Å². The molecule has 7 nitrogen and oxygen atoms in total. The summed E-state index contributed by atoms with van der Waals surface area (Å²) < 4.78 is 11.2. The van der Waals surface area contributed by atoms with E-state index in [9.17, 15) is 14.8 Å². The first kappa shape index (κ1) is 19.4. The van der Waals surface area contributed by atoms with Crippen molar-refractivity contribution in [2.75, 3.05) is 5.23 Å². The number of carbonyl (C=O) groups is 1. The molecular weight excluding hydrogens is 386 g/mol. The molecule has 0 unspecified atom stereocenters. The third kappa shape index (κ3) is 3.67. The molecule has 0 aliphatic heterocycles. The summed E-state index contributed by atoms with van der Waals surface area (Å²) in [7, 11) is 0. The van der Waals surface area contributed by atoms with Gasteiger partial charge < -0.3 is 19.6 Å². The second-order valence-corrected chi connectivity index (χ2v) is 6.60. The van der Waals surface area contributed by atoms with Gasteiger partial charge >= 0.3 is 5.97 Å². The molecule has 4 rings (SSSR count). The summed E-state index contributed by atoms with van der Waals surface area (Å²) in [6, 6.07) is 19.2. The van der Waals surface area contributed by atoms with Gasteiger partial charge in [0.25, 0.3) is 0 Å². The van der Waals surface area contributed by atoms with Gasteiger partial charge in [-0.15, -0.1) is 0 Å². The summed E-state index contributed by atoms with van der Waals surface area (Å²) >= 11 is 0. The number of benzene rings is 3. The Kier molecular flexibility index (Phi) is 5.05. The molecule has 1 N–H and O–H groups in total. The standard InChI is InChI=1S/C23H16NO6/c1-14-21(15-6-3-2-4-7-15)22(25)19-11-10-18(13-20(19)29-14)30-23(26)16-8-5-9-17(12-16)24(27)28/h2-13,27H,1H3/q-1. The van der Waals surface area contributed by atoms with Gasteiger partial charge in [0, 0.05) is 6.07 Å². The van der Waals surface area contributed by atoms with Gasteiger partial charge in [0.2, 0.25) is 5.43 Å². The summed E-state index contributed by atoms with van der Waals surface area (Å²) in [4.78, 5) is 25.4. The summed E-state index contributed by atoms with van der Waals surface area (Å²) in [6.45, 7) is 1.71. The maximum Gasteiger partial charge on any atom is 0.343 e. The number of carbonyl (C=O) groups excluding carboxylic acids is 1. The maximum atomic E-state index is 13.0. The average molecular weight is 402 g/mol. The number of fused-ring (bicyclic) bond motifs is 1. The van der Waals surface area contributed by atoms with Crippen molar-refractivity contribution in [2.45, 2.75) is 6.92 Å². The number of hydrogen-bond acceptors (Lipinski definition) is 7. The van der Waals surface area contributed by atoms with E-state index in [4.69, 9.17) is 14.4 Å². The molecule has 1 aromatic heterocycles. The predicted octanol–water partition coefficient (Wildman–Crippen LogP) is 4.68. The van der Waals surface area contributed by atoms with Crippen molar-refractivity contribution >= 4 is 22.6 Å². The van der Waals surface area contributed by atoms with E-state index >= 15 is 0 Å². The lowest BCUT2D eigenvalue weighted by molar-refractivity contribution is 0.0735. The lowest BCUT2D eigenvalue weighted by Gasteiger charge is -2.21. The van der Waals surface area contributed by atoms with Gasteiger partial charge in [-0.1, -0.05) is 36.4 Å². The van der Waals surface area contributed by atoms with Crippen LogP contribution in [0.3, 0.4) is 0 Å². The van der Waals surface area contributed by atoms with Crippen LogP contribution in [-0.2, 0) is 0 Å². The van der Waals surface area contributed by atoms with Crippen LogP contribution >= 0.6 is 0 Å². The van der Waals surface area contributed by atoms with E-state index in [-0.39, 0.29) is 33.2 Å². The highest BCUT2D eigenvalue weighted by Gasteiger charge is 2.15. The number of anilines is 1. The Bertz CT molecular complexity index is 1290. The van der Waals surface area contributed by atoms with E-state index < -0.39 is 5.97 Å². The zero-order valence-corrected chi connectivity index (χ0v) is 15.9. The van der Waals surface area contributed by atoms with Crippen molar-refractivity contribution in [3.63, 3.8) is 0 Å². The van der Waals surface area contributed by atoms with E-state index in [0.717, 1.165) is 5.56 Å². The van der Waals surface area contributed by atoms with E-state index in [2.05, 4.69) is 0 Å². The van der Waals surface area contributed by atoms with E-state index in [1.807, 2.05) is 30.3 Å². The number of ether oxygens (including phenoxy) is 1. The second kappa shape index (κ2) is 7.82. The molecule has 0 saturated heterocycles. The highest BCUT2D eigenvalue weighted by Crippen LogP contribution is 2.27. The highest BCUT2D eigenvalue weighted by atomic mass is 16.8. The van der Waals surface area contributed by atoms with E-state index in [1.54, 1.807) is 13.0 Å². The van der Waals surface area contributed by atoms with Crippen LogP contribution < -0.4 is 15.4 Å². The maximum absolute atomic E-state index is 13.0. The molecule has 0 fully saturated rings. The average Bonchev–Trinajstić information content (AvgIpc) is 2.74. The number of hydrogen-bond donors (Lipinski definition) is 1. The fourth-order valence-electron chi connectivity index (χ4n) is 3.21. The topological polar surface area (TPSA) is 103 Å². The Morgan fingerprint density at radius 2 is 1.80 bits per heavy atom.